The van der Waals surface area contributed by atoms with Crippen molar-refractivity contribution >= 4 is 22.6 Å². The Balaban J connectivity index is 1.48. The predicted octanol–water partition coefficient (Wildman–Crippen LogP) is 2.12. The van der Waals surface area contributed by atoms with Crippen LogP contribution in [0.15, 0.2) is 24.3 Å². The average molecular weight is 391 g/mol. The summed E-state index contributed by atoms with van der Waals surface area (Å²) in [6.07, 6.45) is 2.78. The summed E-state index contributed by atoms with van der Waals surface area (Å²) in [5, 5.41) is 3.91. The van der Waals surface area contributed by atoms with Crippen LogP contribution >= 0.6 is 11.5 Å². The second-order valence-electron chi connectivity index (χ2n) is 6.69. The lowest BCUT2D eigenvalue weighted by Crippen LogP contribution is -2.39. The van der Waals surface area contributed by atoms with Gasteiger partial charge >= 0.3 is 0 Å². The molecular formula is C19H26N4O3S. The number of nitrogens with one attached hydrogen (secondary N) is 1. The van der Waals surface area contributed by atoms with Crippen LogP contribution in [0.2, 0.25) is 0 Å². The van der Waals surface area contributed by atoms with E-state index in [1.54, 1.807) is 7.11 Å². The normalized spacial score (nSPS) is 15.0. The van der Waals surface area contributed by atoms with Crippen molar-refractivity contribution in [3.05, 3.63) is 35.7 Å². The fraction of sp³-hybridized carbons (Fsp3) is 0.526. The van der Waals surface area contributed by atoms with Gasteiger partial charge in [-0.1, -0.05) is 12.1 Å². The van der Waals surface area contributed by atoms with Crippen LogP contribution in [0.25, 0.3) is 0 Å². The Hall–Kier alpha value is -2.19. The average Bonchev–Trinajstić information content (AvgIpc) is 3.15. The van der Waals surface area contributed by atoms with Crippen LogP contribution in [0.3, 0.4) is 0 Å². The van der Waals surface area contributed by atoms with E-state index in [1.807, 2.05) is 18.2 Å². The molecule has 0 radical (unpaired) electrons. The van der Waals surface area contributed by atoms with Crippen LogP contribution < -0.4 is 15.0 Å². The summed E-state index contributed by atoms with van der Waals surface area (Å²) < 4.78 is 14.6. The zero-order valence-corrected chi connectivity index (χ0v) is 16.6. The number of amides is 1. The summed E-state index contributed by atoms with van der Waals surface area (Å²) in [4.78, 5) is 18.5. The molecule has 0 saturated carbocycles. The Kier molecular flexibility index (Phi) is 7.00. The van der Waals surface area contributed by atoms with E-state index >= 15 is 0 Å². The van der Waals surface area contributed by atoms with Crippen LogP contribution in [-0.2, 0) is 16.0 Å². The number of piperidine rings is 1. The van der Waals surface area contributed by atoms with Gasteiger partial charge in [-0.2, -0.15) is 4.37 Å². The molecule has 7 nitrogen and oxygen atoms in total. The first-order chi connectivity index (χ1) is 13.2. The molecule has 1 N–H and O–H groups in total. The molecule has 1 saturated heterocycles. The van der Waals surface area contributed by atoms with E-state index in [9.17, 15) is 4.79 Å². The molecule has 0 unspecified atom stereocenters. The zero-order valence-electron chi connectivity index (χ0n) is 15.8. The Labute approximate surface area is 163 Å². The minimum Gasteiger partial charge on any atom is -0.497 e. The fourth-order valence-corrected chi connectivity index (χ4v) is 3.92. The van der Waals surface area contributed by atoms with Crippen molar-refractivity contribution in [2.24, 2.45) is 5.92 Å². The minimum atomic E-state index is -0.0498. The predicted molar refractivity (Wildman–Crippen MR) is 106 cm³/mol. The third kappa shape index (κ3) is 5.64. The van der Waals surface area contributed by atoms with E-state index in [2.05, 4.69) is 20.7 Å². The van der Waals surface area contributed by atoms with Crippen molar-refractivity contribution in [1.29, 1.82) is 0 Å². The summed E-state index contributed by atoms with van der Waals surface area (Å²) in [5.41, 5.74) is 1.14. The molecule has 8 heteroatoms. The number of rotatable bonds is 8. The molecular weight excluding hydrogens is 364 g/mol. The van der Waals surface area contributed by atoms with Crippen LogP contribution in [0.5, 0.6) is 5.75 Å². The Bertz CT molecular complexity index is 744. The number of carbonyl (C=O) groups excluding carboxylic acids is 1. The van der Waals surface area contributed by atoms with Crippen LogP contribution in [0.1, 0.15) is 24.2 Å². The Morgan fingerprint density at radius 2 is 2.15 bits per heavy atom. The van der Waals surface area contributed by atoms with E-state index < -0.39 is 0 Å². The van der Waals surface area contributed by atoms with Gasteiger partial charge in [-0.15, -0.1) is 0 Å². The molecule has 2 aromatic rings. The van der Waals surface area contributed by atoms with E-state index in [-0.39, 0.29) is 12.5 Å². The lowest BCUT2D eigenvalue weighted by Gasteiger charge is -2.31. The number of benzene rings is 1. The van der Waals surface area contributed by atoms with Crippen molar-refractivity contribution in [2.75, 3.05) is 45.4 Å². The highest BCUT2D eigenvalue weighted by Crippen LogP contribution is 2.25. The third-order valence-corrected chi connectivity index (χ3v) is 5.52. The number of aromatic nitrogens is 2. The van der Waals surface area contributed by atoms with E-state index in [0.717, 1.165) is 48.2 Å². The highest BCUT2D eigenvalue weighted by molar-refractivity contribution is 7.09. The molecule has 3 rings (SSSR count). The van der Waals surface area contributed by atoms with Gasteiger partial charge in [0.05, 0.1) is 7.11 Å². The summed E-state index contributed by atoms with van der Waals surface area (Å²) in [6.45, 7) is 2.73. The van der Waals surface area contributed by atoms with E-state index in [1.165, 1.54) is 18.6 Å². The number of hydrogen-bond donors (Lipinski definition) is 1. The molecule has 0 atom stereocenters. The number of anilines is 1. The molecule has 0 spiro atoms. The minimum absolute atomic E-state index is 0.0498. The van der Waals surface area contributed by atoms with E-state index in [0.29, 0.717) is 18.9 Å². The monoisotopic (exact) mass is 390 g/mol. The Morgan fingerprint density at radius 3 is 2.89 bits per heavy atom. The second kappa shape index (κ2) is 9.66. The molecule has 0 aliphatic carbocycles. The largest absolute Gasteiger partial charge is 0.497 e. The number of nitrogens with zero attached hydrogens (tertiary/aromatic N) is 3. The first-order valence-electron chi connectivity index (χ1n) is 9.14. The molecule has 1 aliphatic heterocycles. The number of ether oxygens (including phenoxy) is 2. The Morgan fingerprint density at radius 1 is 1.33 bits per heavy atom. The summed E-state index contributed by atoms with van der Waals surface area (Å²) in [7, 11) is 3.20. The number of hydrogen-bond acceptors (Lipinski definition) is 7. The molecule has 1 aromatic carbocycles. The van der Waals surface area contributed by atoms with Gasteiger partial charge in [0, 0.05) is 44.7 Å². The van der Waals surface area contributed by atoms with Gasteiger partial charge in [0.15, 0.2) is 0 Å². The molecule has 1 amide bonds. The zero-order chi connectivity index (χ0) is 19.1. The smallest absolute Gasteiger partial charge is 0.245 e. The van der Waals surface area contributed by atoms with Crippen molar-refractivity contribution in [1.82, 2.24) is 14.7 Å². The SMILES string of the molecule is COCC(=O)NCC1CCN(c2nc(Cc3cccc(OC)c3)ns2)CC1. The van der Waals surface area contributed by atoms with Crippen molar-refractivity contribution in [3.8, 4) is 5.75 Å². The van der Waals surface area contributed by atoms with Gasteiger partial charge in [-0.25, -0.2) is 4.98 Å². The number of methoxy groups -OCH3 is 2. The topological polar surface area (TPSA) is 76.6 Å². The maximum absolute atomic E-state index is 11.5. The summed E-state index contributed by atoms with van der Waals surface area (Å²) in [6, 6.07) is 8.00. The molecule has 146 valence electrons. The first-order valence-corrected chi connectivity index (χ1v) is 9.91. The van der Waals surface area contributed by atoms with Crippen LogP contribution in [0.4, 0.5) is 5.13 Å². The van der Waals surface area contributed by atoms with Gasteiger partial charge < -0.3 is 19.7 Å². The molecule has 2 heterocycles. The first kappa shape index (κ1) is 19.6. The van der Waals surface area contributed by atoms with Crippen molar-refractivity contribution in [2.45, 2.75) is 19.3 Å². The third-order valence-electron chi connectivity index (χ3n) is 4.70. The standard InChI is InChI=1S/C19H26N4O3S/c1-25-13-18(24)20-12-14-6-8-23(9-7-14)19-21-17(22-27-19)11-15-4-3-5-16(10-15)26-2/h3-5,10,14H,6-9,11-13H2,1-2H3,(H,20,24). The highest BCUT2D eigenvalue weighted by atomic mass is 32.1. The van der Waals surface area contributed by atoms with Crippen LogP contribution in [-0.4, -0.2) is 55.7 Å². The quantitative estimate of drug-likeness (QED) is 0.744. The maximum atomic E-state index is 11.5. The van der Waals surface area contributed by atoms with Gasteiger partial charge in [-0.05, 0) is 36.5 Å². The second-order valence-corrected chi connectivity index (χ2v) is 7.42. The van der Waals surface area contributed by atoms with Gasteiger partial charge in [0.25, 0.3) is 0 Å². The molecule has 0 bridgehead atoms. The van der Waals surface area contributed by atoms with Crippen molar-refractivity contribution < 1.29 is 14.3 Å². The molecule has 1 aliphatic rings. The molecule has 1 aromatic heterocycles. The lowest BCUT2D eigenvalue weighted by molar-refractivity contribution is -0.124. The lowest BCUT2D eigenvalue weighted by atomic mass is 9.97. The van der Waals surface area contributed by atoms with Gasteiger partial charge in [0.1, 0.15) is 18.2 Å². The van der Waals surface area contributed by atoms with Crippen LogP contribution in [0, 0.1) is 5.92 Å². The molecule has 1 fully saturated rings. The van der Waals surface area contributed by atoms with E-state index in [4.69, 9.17) is 14.5 Å². The highest BCUT2D eigenvalue weighted by Gasteiger charge is 2.22. The van der Waals surface area contributed by atoms with Gasteiger partial charge in [-0.3, -0.25) is 4.79 Å². The summed E-state index contributed by atoms with van der Waals surface area (Å²) in [5.74, 6) is 2.15. The van der Waals surface area contributed by atoms with Crippen molar-refractivity contribution in [3.63, 3.8) is 0 Å². The maximum Gasteiger partial charge on any atom is 0.245 e. The number of carbonyl (C=O) groups is 1. The summed E-state index contributed by atoms with van der Waals surface area (Å²) >= 11 is 1.46. The fourth-order valence-electron chi connectivity index (χ4n) is 3.18. The van der Waals surface area contributed by atoms with Gasteiger partial charge in [0.2, 0.25) is 11.0 Å². The molecule has 27 heavy (non-hydrogen) atoms.